The minimum Gasteiger partial charge on any atom is -0.461 e. The highest BCUT2D eigenvalue weighted by atomic mass is 127. The van der Waals surface area contributed by atoms with Crippen LogP contribution in [0, 0.1) is 0 Å². The van der Waals surface area contributed by atoms with Gasteiger partial charge in [0.15, 0.2) is 0 Å². The van der Waals surface area contributed by atoms with Gasteiger partial charge in [-0.2, -0.15) is 0 Å². The molecule has 0 spiro atoms. The minimum absolute atomic E-state index is 0.385. The lowest BCUT2D eigenvalue weighted by molar-refractivity contribution is 0.0530. The highest BCUT2D eigenvalue weighted by Crippen LogP contribution is 2.10. The Hall–Kier alpha value is -0.560. The molecule has 0 aliphatic heterocycles. The van der Waals surface area contributed by atoms with Crippen LogP contribution in [0.3, 0.4) is 0 Å². The van der Waals surface area contributed by atoms with Gasteiger partial charge < -0.3 is 4.74 Å². The van der Waals surface area contributed by atoms with Crippen LogP contribution in [0.5, 0.6) is 0 Å². The van der Waals surface area contributed by atoms with E-state index in [1.165, 1.54) is 6.07 Å². The second kappa shape index (κ2) is 6.84. The maximum absolute atomic E-state index is 11.4. The first-order valence-electron chi connectivity index (χ1n) is 4.24. The largest absolute Gasteiger partial charge is 0.461 e. The molecule has 3 nitrogen and oxygen atoms in total. The first-order valence-corrected chi connectivity index (χ1v) is 7.76. The fraction of sp³-hybridized carbons (Fsp3) is 0.200. The molecule has 0 saturated carbocycles. The third-order valence-electron chi connectivity index (χ3n) is 1.65. The smallest absolute Gasteiger partial charge is 0.338 e. The third-order valence-corrected chi connectivity index (χ3v) is 3.29. The zero-order valence-electron chi connectivity index (χ0n) is 7.81. The molecule has 0 bridgehead atoms. The first-order chi connectivity index (χ1) is 7.27. The molecule has 0 aliphatic rings. The van der Waals surface area contributed by atoms with Crippen molar-refractivity contribution in [3.63, 3.8) is 0 Å². The Kier molecular flexibility index (Phi) is 5.70. The molecule has 0 amide bonds. The van der Waals surface area contributed by atoms with Crippen LogP contribution in [-0.4, -0.2) is 24.6 Å². The molecule has 0 fully saturated rings. The lowest BCUT2D eigenvalue weighted by Crippen LogP contribution is -2.07. The van der Waals surface area contributed by atoms with E-state index in [4.69, 9.17) is 4.74 Å². The van der Waals surface area contributed by atoms with Gasteiger partial charge >= 0.3 is 5.97 Å². The SMILES string of the molecule is O=Cc1cccc(C(=O)OCCSI)c1. The van der Waals surface area contributed by atoms with E-state index in [9.17, 15) is 9.59 Å². The summed E-state index contributed by atoms with van der Waals surface area (Å²) in [4.78, 5) is 21.9. The minimum atomic E-state index is -0.385. The number of hydrogen-bond acceptors (Lipinski definition) is 4. The van der Waals surface area contributed by atoms with Gasteiger partial charge in [-0.1, -0.05) is 21.1 Å². The van der Waals surface area contributed by atoms with Crippen LogP contribution in [0.25, 0.3) is 0 Å². The molecule has 0 aliphatic carbocycles. The Morgan fingerprint density at radius 1 is 1.53 bits per heavy atom. The second-order valence-corrected chi connectivity index (χ2v) is 5.19. The van der Waals surface area contributed by atoms with Gasteiger partial charge in [-0.05, 0) is 33.3 Å². The Bertz CT molecular complexity index is 354. The lowest BCUT2D eigenvalue weighted by Gasteiger charge is -2.03. The Labute approximate surface area is 104 Å². The summed E-state index contributed by atoms with van der Waals surface area (Å²) < 4.78 is 4.99. The van der Waals surface area contributed by atoms with Crippen molar-refractivity contribution in [3.8, 4) is 0 Å². The first kappa shape index (κ1) is 12.5. The molecule has 0 saturated heterocycles. The summed E-state index contributed by atoms with van der Waals surface area (Å²) in [6.07, 6.45) is 0.706. The van der Waals surface area contributed by atoms with Gasteiger partial charge in [0.1, 0.15) is 12.9 Å². The summed E-state index contributed by atoms with van der Waals surface area (Å²) in [5.41, 5.74) is 0.894. The van der Waals surface area contributed by atoms with E-state index in [0.29, 0.717) is 24.0 Å². The van der Waals surface area contributed by atoms with E-state index in [2.05, 4.69) is 21.2 Å². The number of esters is 1. The van der Waals surface area contributed by atoms with Gasteiger partial charge in [-0.15, -0.1) is 0 Å². The van der Waals surface area contributed by atoms with Crippen molar-refractivity contribution in [2.75, 3.05) is 12.4 Å². The van der Waals surface area contributed by atoms with E-state index in [-0.39, 0.29) is 5.97 Å². The van der Waals surface area contributed by atoms with E-state index in [1.807, 2.05) is 0 Å². The zero-order valence-corrected chi connectivity index (χ0v) is 10.8. The van der Waals surface area contributed by atoms with E-state index in [0.717, 1.165) is 5.75 Å². The predicted octanol–water partition coefficient (Wildman–Crippen LogP) is 2.74. The van der Waals surface area contributed by atoms with Crippen molar-refractivity contribution in [2.24, 2.45) is 0 Å². The summed E-state index contributed by atoms with van der Waals surface area (Å²) in [7, 11) is 1.58. The number of halogens is 1. The van der Waals surface area contributed by atoms with E-state index in [1.54, 1.807) is 27.1 Å². The van der Waals surface area contributed by atoms with Crippen LogP contribution >= 0.6 is 30.1 Å². The molecule has 1 aromatic carbocycles. The second-order valence-electron chi connectivity index (χ2n) is 2.69. The molecule has 5 heteroatoms. The van der Waals surface area contributed by atoms with Crippen LogP contribution in [0.15, 0.2) is 24.3 Å². The molecule has 0 aromatic heterocycles. The third kappa shape index (κ3) is 4.21. The molecule has 15 heavy (non-hydrogen) atoms. The average Bonchev–Trinajstić information content (AvgIpc) is 2.29. The summed E-state index contributed by atoms with van der Waals surface area (Å²) in [5, 5.41) is 0. The molecule has 0 unspecified atom stereocenters. The summed E-state index contributed by atoms with van der Waals surface area (Å²) >= 11 is 2.14. The van der Waals surface area contributed by atoms with Gasteiger partial charge in [0, 0.05) is 11.3 Å². The number of ether oxygens (including phenoxy) is 1. The number of benzene rings is 1. The summed E-state index contributed by atoms with van der Waals surface area (Å²) in [5.74, 6) is 0.379. The normalized spacial score (nSPS) is 9.67. The number of aldehydes is 1. The number of hydrogen-bond donors (Lipinski definition) is 0. The van der Waals surface area contributed by atoms with Crippen molar-refractivity contribution in [1.82, 2.24) is 0 Å². The van der Waals surface area contributed by atoms with Crippen LogP contribution in [0.4, 0.5) is 0 Å². The topological polar surface area (TPSA) is 43.4 Å². The molecule has 0 atom stereocenters. The molecular formula is C10H9IO3S. The standard InChI is InChI=1S/C10H9IO3S/c11-15-5-4-14-10(13)9-3-1-2-8(6-9)7-12/h1-3,6-7H,4-5H2. The molecule has 80 valence electrons. The number of carbonyl (C=O) groups is 2. The van der Waals surface area contributed by atoms with E-state index >= 15 is 0 Å². The van der Waals surface area contributed by atoms with Crippen LogP contribution in [-0.2, 0) is 4.74 Å². The predicted molar refractivity (Wildman–Crippen MR) is 68.6 cm³/mol. The van der Waals surface area contributed by atoms with Crippen molar-refractivity contribution >= 4 is 42.4 Å². The van der Waals surface area contributed by atoms with Gasteiger partial charge in [-0.3, -0.25) is 4.79 Å². The van der Waals surface area contributed by atoms with Crippen molar-refractivity contribution in [1.29, 1.82) is 0 Å². The molecule has 0 N–H and O–H groups in total. The monoisotopic (exact) mass is 336 g/mol. The quantitative estimate of drug-likeness (QED) is 0.359. The average molecular weight is 336 g/mol. The van der Waals surface area contributed by atoms with Crippen LogP contribution in [0.2, 0.25) is 0 Å². The highest BCUT2D eigenvalue weighted by molar-refractivity contribution is 14.2. The Balaban J connectivity index is 2.61. The number of carbonyl (C=O) groups excluding carboxylic acids is 2. The fourth-order valence-corrected chi connectivity index (χ4v) is 1.67. The van der Waals surface area contributed by atoms with Crippen molar-refractivity contribution in [3.05, 3.63) is 35.4 Å². The lowest BCUT2D eigenvalue weighted by atomic mass is 10.1. The van der Waals surface area contributed by atoms with Gasteiger partial charge in [0.05, 0.1) is 5.56 Å². The van der Waals surface area contributed by atoms with E-state index < -0.39 is 0 Å². The zero-order chi connectivity index (χ0) is 11.1. The van der Waals surface area contributed by atoms with Crippen LogP contribution in [0.1, 0.15) is 20.7 Å². The Morgan fingerprint density at radius 3 is 3.00 bits per heavy atom. The summed E-state index contributed by atoms with van der Waals surface area (Å²) in [6, 6.07) is 6.46. The molecular weight excluding hydrogens is 327 g/mol. The van der Waals surface area contributed by atoms with Crippen LogP contribution < -0.4 is 0 Å². The molecule has 1 aromatic rings. The fourth-order valence-electron chi connectivity index (χ4n) is 0.988. The molecule has 0 radical (unpaired) electrons. The van der Waals surface area contributed by atoms with Gasteiger partial charge in [0.25, 0.3) is 0 Å². The van der Waals surface area contributed by atoms with Crippen molar-refractivity contribution in [2.45, 2.75) is 0 Å². The maximum Gasteiger partial charge on any atom is 0.338 e. The molecule has 1 rings (SSSR count). The molecule has 0 heterocycles. The van der Waals surface area contributed by atoms with Gasteiger partial charge in [-0.25, -0.2) is 4.79 Å². The Morgan fingerprint density at radius 2 is 2.33 bits per heavy atom. The highest BCUT2D eigenvalue weighted by Gasteiger charge is 2.06. The summed E-state index contributed by atoms with van der Waals surface area (Å²) in [6.45, 7) is 0.387. The van der Waals surface area contributed by atoms with Gasteiger partial charge in [0.2, 0.25) is 0 Å². The number of rotatable bonds is 5. The van der Waals surface area contributed by atoms with Crippen molar-refractivity contribution < 1.29 is 14.3 Å². The maximum atomic E-state index is 11.4.